The van der Waals surface area contributed by atoms with Crippen molar-refractivity contribution in [3.8, 4) is 17.6 Å². The molecule has 5 heteroatoms. The fourth-order valence-corrected chi connectivity index (χ4v) is 2.74. The van der Waals surface area contributed by atoms with E-state index in [1.54, 1.807) is 12.1 Å². The molecule has 1 aromatic rings. The molecular formula is C14H19ClN2O2. The number of nitrogens with zero attached hydrogens (tertiary/aromatic N) is 1. The SMILES string of the molecule is COc1ccc(C#N)c([C@H](N)C2CCCC2)c1O.Cl. The number of hydrogen-bond acceptors (Lipinski definition) is 4. The summed E-state index contributed by atoms with van der Waals surface area (Å²) in [5.41, 5.74) is 7.20. The molecule has 0 saturated heterocycles. The molecule has 0 unspecified atom stereocenters. The third-order valence-corrected chi connectivity index (χ3v) is 3.76. The van der Waals surface area contributed by atoms with Crippen LogP contribution in [0, 0.1) is 17.2 Å². The van der Waals surface area contributed by atoms with Crippen LogP contribution in [0.4, 0.5) is 0 Å². The largest absolute Gasteiger partial charge is 0.504 e. The van der Waals surface area contributed by atoms with Gasteiger partial charge in [-0.3, -0.25) is 0 Å². The van der Waals surface area contributed by atoms with Gasteiger partial charge in [-0.1, -0.05) is 12.8 Å². The van der Waals surface area contributed by atoms with Gasteiger partial charge in [0.25, 0.3) is 0 Å². The Morgan fingerprint density at radius 2 is 2.05 bits per heavy atom. The van der Waals surface area contributed by atoms with E-state index in [0.717, 1.165) is 12.8 Å². The van der Waals surface area contributed by atoms with Crippen LogP contribution in [0.2, 0.25) is 0 Å². The Bertz CT molecular complexity index is 479. The number of halogens is 1. The Morgan fingerprint density at radius 3 is 2.58 bits per heavy atom. The molecule has 0 bridgehead atoms. The van der Waals surface area contributed by atoms with Crippen molar-refractivity contribution >= 4 is 12.4 Å². The minimum absolute atomic E-state index is 0. The molecule has 0 heterocycles. The zero-order valence-electron chi connectivity index (χ0n) is 10.9. The van der Waals surface area contributed by atoms with E-state index < -0.39 is 0 Å². The van der Waals surface area contributed by atoms with Crippen LogP contribution in [-0.2, 0) is 0 Å². The first-order chi connectivity index (χ1) is 8.69. The minimum Gasteiger partial charge on any atom is -0.504 e. The van der Waals surface area contributed by atoms with E-state index in [4.69, 9.17) is 15.7 Å². The minimum atomic E-state index is -0.294. The van der Waals surface area contributed by atoms with E-state index in [1.165, 1.54) is 20.0 Å². The van der Waals surface area contributed by atoms with E-state index in [9.17, 15) is 5.11 Å². The lowest BCUT2D eigenvalue weighted by molar-refractivity contribution is 0.359. The Morgan fingerprint density at radius 1 is 1.42 bits per heavy atom. The van der Waals surface area contributed by atoms with Gasteiger partial charge in [-0.15, -0.1) is 12.4 Å². The van der Waals surface area contributed by atoms with Gasteiger partial charge in [0, 0.05) is 11.6 Å². The molecule has 19 heavy (non-hydrogen) atoms. The van der Waals surface area contributed by atoms with Gasteiger partial charge in [0.15, 0.2) is 11.5 Å². The second-order valence-corrected chi connectivity index (χ2v) is 4.76. The smallest absolute Gasteiger partial charge is 0.163 e. The van der Waals surface area contributed by atoms with Crippen LogP contribution in [-0.4, -0.2) is 12.2 Å². The van der Waals surface area contributed by atoms with Crippen LogP contribution in [0.25, 0.3) is 0 Å². The summed E-state index contributed by atoms with van der Waals surface area (Å²) in [5.74, 6) is 0.725. The zero-order valence-corrected chi connectivity index (χ0v) is 11.7. The molecule has 104 valence electrons. The Labute approximate surface area is 119 Å². The van der Waals surface area contributed by atoms with Gasteiger partial charge in [0.1, 0.15) is 0 Å². The molecule has 1 aliphatic rings. The highest BCUT2D eigenvalue weighted by Gasteiger charge is 2.28. The molecule has 3 N–H and O–H groups in total. The van der Waals surface area contributed by atoms with E-state index >= 15 is 0 Å². The topological polar surface area (TPSA) is 79.3 Å². The van der Waals surface area contributed by atoms with Gasteiger partial charge in [-0.05, 0) is 30.9 Å². The summed E-state index contributed by atoms with van der Waals surface area (Å²) >= 11 is 0. The number of aromatic hydroxyl groups is 1. The normalized spacial score (nSPS) is 16.5. The summed E-state index contributed by atoms with van der Waals surface area (Å²) in [6.45, 7) is 0. The number of phenolic OH excluding ortho intramolecular Hbond substituents is 1. The predicted octanol–water partition coefficient (Wildman–Crippen LogP) is 2.88. The van der Waals surface area contributed by atoms with Crippen molar-refractivity contribution in [1.82, 2.24) is 0 Å². The number of phenols is 1. The molecule has 4 nitrogen and oxygen atoms in total. The highest BCUT2D eigenvalue weighted by Crippen LogP contribution is 2.42. The molecule has 1 saturated carbocycles. The molecule has 0 aromatic heterocycles. The van der Waals surface area contributed by atoms with Crippen LogP contribution in [0.15, 0.2) is 12.1 Å². The number of methoxy groups -OCH3 is 1. The third kappa shape index (κ3) is 2.94. The first-order valence-electron chi connectivity index (χ1n) is 6.24. The average Bonchev–Trinajstić information content (AvgIpc) is 2.91. The van der Waals surface area contributed by atoms with Gasteiger partial charge >= 0.3 is 0 Å². The third-order valence-electron chi connectivity index (χ3n) is 3.76. The zero-order chi connectivity index (χ0) is 13.1. The van der Waals surface area contributed by atoms with Crippen molar-refractivity contribution in [3.05, 3.63) is 23.3 Å². The predicted molar refractivity (Wildman–Crippen MR) is 75.5 cm³/mol. The fraction of sp³-hybridized carbons (Fsp3) is 0.500. The van der Waals surface area contributed by atoms with Crippen molar-refractivity contribution in [2.75, 3.05) is 7.11 Å². The average molecular weight is 283 g/mol. The number of nitriles is 1. The van der Waals surface area contributed by atoms with Crippen LogP contribution >= 0.6 is 12.4 Å². The number of rotatable bonds is 3. The molecule has 1 aliphatic carbocycles. The molecule has 1 atom stereocenters. The van der Waals surface area contributed by atoms with Gasteiger partial charge in [0.2, 0.25) is 0 Å². The molecule has 2 rings (SSSR count). The van der Waals surface area contributed by atoms with Gasteiger partial charge in [-0.25, -0.2) is 0 Å². The van der Waals surface area contributed by atoms with Crippen LogP contribution < -0.4 is 10.5 Å². The highest BCUT2D eigenvalue weighted by atomic mass is 35.5. The Balaban J connectivity index is 0.00000180. The highest BCUT2D eigenvalue weighted by molar-refractivity contribution is 5.85. The quantitative estimate of drug-likeness (QED) is 0.893. The number of benzene rings is 1. The number of ether oxygens (including phenoxy) is 1. The van der Waals surface area contributed by atoms with Crippen LogP contribution in [0.1, 0.15) is 42.9 Å². The van der Waals surface area contributed by atoms with Crippen LogP contribution in [0.3, 0.4) is 0 Å². The summed E-state index contributed by atoms with van der Waals surface area (Å²) in [6.07, 6.45) is 4.46. The summed E-state index contributed by atoms with van der Waals surface area (Å²) in [7, 11) is 1.49. The van der Waals surface area contributed by atoms with Crippen molar-refractivity contribution in [2.24, 2.45) is 11.7 Å². The van der Waals surface area contributed by atoms with Gasteiger partial charge in [0.05, 0.1) is 18.7 Å². The molecule has 0 radical (unpaired) electrons. The molecule has 0 amide bonds. The Kier molecular flexibility index (Phi) is 5.46. The van der Waals surface area contributed by atoms with Crippen molar-refractivity contribution < 1.29 is 9.84 Å². The van der Waals surface area contributed by atoms with E-state index in [1.807, 2.05) is 0 Å². The van der Waals surface area contributed by atoms with Gasteiger partial charge in [-0.2, -0.15) is 5.26 Å². The summed E-state index contributed by atoms with van der Waals surface area (Å²) < 4.78 is 5.08. The number of hydrogen-bond donors (Lipinski definition) is 2. The van der Waals surface area contributed by atoms with Crippen molar-refractivity contribution in [1.29, 1.82) is 5.26 Å². The molecule has 1 fully saturated rings. The Hall–Kier alpha value is -1.44. The molecule has 0 aliphatic heterocycles. The van der Waals surface area contributed by atoms with Crippen molar-refractivity contribution in [2.45, 2.75) is 31.7 Å². The lowest BCUT2D eigenvalue weighted by atomic mass is 9.89. The molecule has 1 aromatic carbocycles. The first-order valence-corrected chi connectivity index (χ1v) is 6.24. The fourth-order valence-electron chi connectivity index (χ4n) is 2.74. The second kappa shape index (κ2) is 6.65. The lowest BCUT2D eigenvalue weighted by Gasteiger charge is -2.22. The maximum Gasteiger partial charge on any atom is 0.163 e. The second-order valence-electron chi connectivity index (χ2n) is 4.76. The number of nitrogens with two attached hydrogens (primary N) is 1. The maximum atomic E-state index is 10.2. The van der Waals surface area contributed by atoms with E-state index in [2.05, 4.69) is 6.07 Å². The first kappa shape index (κ1) is 15.6. The summed E-state index contributed by atoms with van der Waals surface area (Å²) in [5, 5.41) is 19.3. The molecular weight excluding hydrogens is 264 g/mol. The van der Waals surface area contributed by atoms with Crippen molar-refractivity contribution in [3.63, 3.8) is 0 Å². The van der Waals surface area contributed by atoms with Crippen LogP contribution in [0.5, 0.6) is 11.5 Å². The van der Waals surface area contributed by atoms with E-state index in [-0.39, 0.29) is 24.2 Å². The maximum absolute atomic E-state index is 10.2. The standard InChI is InChI=1S/C14H18N2O2.ClH/c1-18-11-7-6-10(8-15)12(14(11)17)13(16)9-4-2-3-5-9;/h6-7,9,13,17H,2-5,16H2,1H3;1H/t13-;/m1./s1. The van der Waals surface area contributed by atoms with Gasteiger partial charge < -0.3 is 15.6 Å². The lowest BCUT2D eigenvalue weighted by Crippen LogP contribution is -2.20. The summed E-state index contributed by atoms with van der Waals surface area (Å²) in [4.78, 5) is 0. The summed E-state index contributed by atoms with van der Waals surface area (Å²) in [6, 6.07) is 5.05. The van der Waals surface area contributed by atoms with E-state index in [0.29, 0.717) is 22.8 Å². The molecule has 0 spiro atoms. The monoisotopic (exact) mass is 282 g/mol.